The molecule has 9 N–H and O–H groups in total. The molecule has 14 heteroatoms. The highest BCUT2D eigenvalue weighted by Crippen LogP contribution is 2.17. The maximum absolute atomic E-state index is 12.3. The summed E-state index contributed by atoms with van der Waals surface area (Å²) in [4.78, 5) is 52.7. The molecule has 4 amide bonds. The Kier molecular flexibility index (Phi) is 10.6. The van der Waals surface area contributed by atoms with Crippen molar-refractivity contribution in [3.63, 3.8) is 0 Å². The van der Waals surface area contributed by atoms with Crippen LogP contribution in [0.25, 0.3) is 0 Å². The summed E-state index contributed by atoms with van der Waals surface area (Å²) in [6, 6.07) is -0.859. The van der Waals surface area contributed by atoms with Crippen LogP contribution in [-0.4, -0.2) is 89.8 Å². The third-order valence-corrected chi connectivity index (χ3v) is 4.46. The lowest BCUT2D eigenvalue weighted by molar-refractivity contribution is -0.133. The van der Waals surface area contributed by atoms with Gasteiger partial charge in [-0.3, -0.25) is 24.2 Å². The first-order chi connectivity index (χ1) is 14.1. The zero-order valence-corrected chi connectivity index (χ0v) is 17.0. The van der Waals surface area contributed by atoms with Crippen LogP contribution in [0.15, 0.2) is 4.99 Å². The number of nitrogens with one attached hydrogen (secondary N) is 3. The van der Waals surface area contributed by atoms with Crippen molar-refractivity contribution in [2.45, 2.75) is 44.6 Å². The molecular formula is C16H30BN7O6. The summed E-state index contributed by atoms with van der Waals surface area (Å²) in [5.74, 6) is -2.76. The summed E-state index contributed by atoms with van der Waals surface area (Å²) in [6.45, 7) is 1.22. The van der Waals surface area contributed by atoms with Crippen LogP contribution in [0.3, 0.4) is 0 Å². The van der Waals surface area contributed by atoms with E-state index in [0.29, 0.717) is 25.8 Å². The van der Waals surface area contributed by atoms with Crippen LogP contribution in [-0.2, 0) is 19.2 Å². The molecule has 0 aromatic heterocycles. The van der Waals surface area contributed by atoms with Gasteiger partial charge in [-0.1, -0.05) is 0 Å². The van der Waals surface area contributed by atoms with Crippen LogP contribution in [0, 0.1) is 0 Å². The van der Waals surface area contributed by atoms with Crippen molar-refractivity contribution in [3.05, 3.63) is 0 Å². The lowest BCUT2D eigenvalue weighted by atomic mass is 9.78. The Morgan fingerprint density at radius 2 is 1.90 bits per heavy atom. The van der Waals surface area contributed by atoms with Crippen LogP contribution >= 0.6 is 0 Å². The van der Waals surface area contributed by atoms with Gasteiger partial charge in [-0.25, -0.2) is 0 Å². The summed E-state index contributed by atoms with van der Waals surface area (Å²) in [7, 11) is -1.64. The number of nitrogens with two attached hydrogens (primary N) is 2. The van der Waals surface area contributed by atoms with E-state index in [-0.39, 0.29) is 32.0 Å². The topological polar surface area (TPSA) is 212 Å². The third-order valence-electron chi connectivity index (χ3n) is 4.46. The molecule has 0 aromatic carbocycles. The molecule has 1 rings (SSSR count). The van der Waals surface area contributed by atoms with Gasteiger partial charge >= 0.3 is 7.12 Å². The Bertz CT molecular complexity index is 656. The maximum atomic E-state index is 12.3. The Labute approximate surface area is 174 Å². The summed E-state index contributed by atoms with van der Waals surface area (Å²) >= 11 is 0. The van der Waals surface area contributed by atoms with E-state index in [2.05, 4.69) is 20.9 Å². The lowest BCUT2D eigenvalue weighted by Gasteiger charge is -2.24. The minimum atomic E-state index is -1.64. The van der Waals surface area contributed by atoms with Crippen LogP contribution in [0.5, 0.6) is 0 Å². The predicted molar refractivity (Wildman–Crippen MR) is 108 cm³/mol. The van der Waals surface area contributed by atoms with Gasteiger partial charge in [0.1, 0.15) is 6.04 Å². The Morgan fingerprint density at radius 3 is 2.50 bits per heavy atom. The van der Waals surface area contributed by atoms with Crippen LogP contribution in [0.4, 0.5) is 0 Å². The van der Waals surface area contributed by atoms with Crippen molar-refractivity contribution in [3.8, 4) is 0 Å². The summed E-state index contributed by atoms with van der Waals surface area (Å²) in [5, 5.41) is 25.9. The summed E-state index contributed by atoms with van der Waals surface area (Å²) in [5.41, 5.74) is 10.5. The van der Waals surface area contributed by atoms with E-state index in [4.69, 9.17) is 11.5 Å². The molecule has 0 bridgehead atoms. The molecule has 1 fully saturated rings. The molecule has 1 saturated heterocycles. The van der Waals surface area contributed by atoms with E-state index in [1.54, 1.807) is 0 Å². The number of rotatable bonds is 11. The average Bonchev–Trinajstić information content (AvgIpc) is 3.16. The smallest absolute Gasteiger partial charge is 0.426 e. The van der Waals surface area contributed by atoms with E-state index in [1.807, 2.05) is 0 Å². The van der Waals surface area contributed by atoms with E-state index >= 15 is 0 Å². The quantitative estimate of drug-likeness (QED) is 0.0741. The second kappa shape index (κ2) is 12.6. The zero-order valence-electron chi connectivity index (χ0n) is 17.0. The fourth-order valence-corrected chi connectivity index (χ4v) is 3.06. The Balaban J connectivity index is 2.42. The van der Waals surface area contributed by atoms with E-state index < -0.39 is 42.7 Å². The Morgan fingerprint density at radius 1 is 1.20 bits per heavy atom. The number of hydrogen-bond acceptors (Lipinski definition) is 7. The first kappa shape index (κ1) is 25.2. The van der Waals surface area contributed by atoms with Crippen molar-refractivity contribution < 1.29 is 29.2 Å². The zero-order chi connectivity index (χ0) is 22.7. The standard InChI is InChI=1S/C16H30BN7O6/c1-10(25)23-11(4-2-6-20-16(18)19)15(28)22-8-13(26)21-9-14(27)24-7-3-5-12(24)17(29)30/h11-12,29-30H,2-9H2,1H3,(H,21,26)(H,22,28)(H,23,25)(H4,18,19,20)/t11-,12?/m0/s1. The van der Waals surface area contributed by atoms with Crippen molar-refractivity contribution in [2.24, 2.45) is 16.5 Å². The monoisotopic (exact) mass is 427 g/mol. The lowest BCUT2D eigenvalue weighted by Crippen LogP contribution is -2.51. The molecule has 0 aromatic rings. The Hall–Kier alpha value is -2.87. The summed E-state index contributed by atoms with van der Waals surface area (Å²) < 4.78 is 0. The van der Waals surface area contributed by atoms with E-state index in [9.17, 15) is 29.2 Å². The molecule has 13 nitrogen and oxygen atoms in total. The van der Waals surface area contributed by atoms with Crippen LogP contribution in [0.1, 0.15) is 32.6 Å². The molecule has 168 valence electrons. The van der Waals surface area contributed by atoms with Crippen molar-refractivity contribution >= 4 is 36.7 Å². The molecule has 0 saturated carbocycles. The van der Waals surface area contributed by atoms with Crippen LogP contribution < -0.4 is 27.4 Å². The molecule has 0 radical (unpaired) electrons. The van der Waals surface area contributed by atoms with Gasteiger partial charge in [-0.2, -0.15) is 0 Å². The second-order valence-corrected chi connectivity index (χ2v) is 6.91. The van der Waals surface area contributed by atoms with Crippen molar-refractivity contribution in [2.75, 3.05) is 26.2 Å². The predicted octanol–water partition coefficient (Wildman–Crippen LogP) is -4.22. The highest BCUT2D eigenvalue weighted by atomic mass is 16.4. The summed E-state index contributed by atoms with van der Waals surface area (Å²) in [6.07, 6.45) is 1.82. The van der Waals surface area contributed by atoms with Gasteiger partial charge in [-0.05, 0) is 25.7 Å². The van der Waals surface area contributed by atoms with Crippen LogP contribution in [0.2, 0.25) is 0 Å². The first-order valence-electron chi connectivity index (χ1n) is 9.64. The maximum Gasteiger partial charge on any atom is 0.475 e. The van der Waals surface area contributed by atoms with Gasteiger partial charge < -0.3 is 42.4 Å². The molecule has 0 spiro atoms. The van der Waals surface area contributed by atoms with Gasteiger partial charge in [0.25, 0.3) is 0 Å². The van der Waals surface area contributed by atoms with Crippen molar-refractivity contribution in [1.29, 1.82) is 0 Å². The molecule has 2 atom stereocenters. The number of nitrogens with zero attached hydrogens (tertiary/aromatic N) is 2. The van der Waals surface area contributed by atoms with Gasteiger partial charge in [-0.15, -0.1) is 0 Å². The number of likely N-dealkylation sites (tertiary alicyclic amines) is 1. The average molecular weight is 427 g/mol. The number of carbonyl (C=O) groups is 4. The van der Waals surface area contributed by atoms with Gasteiger partial charge in [0.2, 0.25) is 23.6 Å². The third kappa shape index (κ3) is 9.09. The number of amides is 4. The molecule has 1 heterocycles. The van der Waals surface area contributed by atoms with E-state index in [0.717, 1.165) is 0 Å². The van der Waals surface area contributed by atoms with E-state index in [1.165, 1.54) is 11.8 Å². The molecule has 0 aliphatic carbocycles. The number of guanidine groups is 1. The first-order valence-corrected chi connectivity index (χ1v) is 9.64. The second-order valence-electron chi connectivity index (χ2n) is 6.91. The molecule has 1 aliphatic rings. The van der Waals surface area contributed by atoms with Gasteiger partial charge in [0.05, 0.1) is 19.0 Å². The van der Waals surface area contributed by atoms with Gasteiger partial charge in [0, 0.05) is 20.0 Å². The SMILES string of the molecule is CC(=O)N[C@@H](CCCN=C(N)N)C(=O)NCC(=O)NCC(=O)N1CCCC1B(O)O. The largest absolute Gasteiger partial charge is 0.475 e. The minimum Gasteiger partial charge on any atom is -0.426 e. The molecular weight excluding hydrogens is 397 g/mol. The fraction of sp³-hybridized carbons (Fsp3) is 0.688. The van der Waals surface area contributed by atoms with Gasteiger partial charge in [0.15, 0.2) is 5.96 Å². The minimum absolute atomic E-state index is 0.0736. The number of hydrogen-bond donors (Lipinski definition) is 7. The normalized spacial score (nSPS) is 16.4. The highest BCUT2D eigenvalue weighted by Gasteiger charge is 2.36. The molecule has 1 unspecified atom stereocenters. The number of aliphatic imine (C=N–C) groups is 1. The molecule has 1 aliphatic heterocycles. The highest BCUT2D eigenvalue weighted by molar-refractivity contribution is 6.43. The van der Waals surface area contributed by atoms with Crippen molar-refractivity contribution in [1.82, 2.24) is 20.9 Å². The molecule has 30 heavy (non-hydrogen) atoms. The fourth-order valence-electron chi connectivity index (χ4n) is 3.06. The number of carbonyl (C=O) groups excluding carboxylic acids is 4.